The third-order valence-electron chi connectivity index (χ3n) is 1.46. The minimum absolute atomic E-state index is 0.0217. The summed E-state index contributed by atoms with van der Waals surface area (Å²) in [5.74, 6) is -0.963. The molecule has 0 aromatic carbocycles. The van der Waals surface area contributed by atoms with Crippen LogP contribution in [0.3, 0.4) is 0 Å². The van der Waals surface area contributed by atoms with E-state index in [4.69, 9.17) is 16.7 Å². The Morgan fingerprint density at radius 3 is 2.69 bits per heavy atom. The second-order valence-corrected chi connectivity index (χ2v) is 2.32. The van der Waals surface area contributed by atoms with E-state index in [9.17, 15) is 9.59 Å². The molecular formula is C7H6N4O2. The van der Waals surface area contributed by atoms with Gasteiger partial charge in [-0.15, -0.1) is 0 Å². The topological polar surface area (TPSA) is 126 Å². The summed E-state index contributed by atoms with van der Waals surface area (Å²) in [7, 11) is 0. The Hall–Kier alpha value is -2.29. The molecule has 1 rings (SSSR count). The lowest BCUT2D eigenvalue weighted by molar-refractivity contribution is 0.0999. The first-order valence-corrected chi connectivity index (χ1v) is 3.29. The Morgan fingerprint density at radius 1 is 1.62 bits per heavy atom. The van der Waals surface area contributed by atoms with Gasteiger partial charge in [0.15, 0.2) is 0 Å². The first-order valence-electron chi connectivity index (χ1n) is 3.29. The summed E-state index contributed by atoms with van der Waals surface area (Å²) in [6, 6.07) is 2.78. The van der Waals surface area contributed by atoms with Gasteiger partial charge < -0.3 is 16.5 Å². The van der Waals surface area contributed by atoms with Gasteiger partial charge in [0, 0.05) is 0 Å². The lowest BCUT2D eigenvalue weighted by Crippen LogP contribution is -2.24. The smallest absolute Gasteiger partial charge is 0.262 e. The highest BCUT2D eigenvalue weighted by Crippen LogP contribution is 2.04. The number of hydrogen-bond donors (Lipinski definition) is 3. The molecule has 0 unspecified atom stereocenters. The molecule has 13 heavy (non-hydrogen) atoms. The monoisotopic (exact) mass is 178 g/mol. The molecule has 0 aliphatic heterocycles. The fourth-order valence-electron chi connectivity index (χ4n) is 0.820. The molecule has 0 aliphatic rings. The van der Waals surface area contributed by atoms with Crippen molar-refractivity contribution in [1.29, 1.82) is 5.26 Å². The van der Waals surface area contributed by atoms with E-state index in [1.807, 2.05) is 0 Å². The van der Waals surface area contributed by atoms with E-state index in [0.717, 1.165) is 6.07 Å². The predicted molar refractivity (Wildman–Crippen MR) is 44.7 cm³/mol. The first-order chi connectivity index (χ1) is 6.06. The molecule has 6 heteroatoms. The molecule has 5 N–H and O–H groups in total. The zero-order valence-electron chi connectivity index (χ0n) is 6.50. The number of nitrogens with zero attached hydrogens (tertiary/aromatic N) is 1. The van der Waals surface area contributed by atoms with Gasteiger partial charge in [-0.1, -0.05) is 0 Å². The molecule has 0 spiro atoms. The van der Waals surface area contributed by atoms with Gasteiger partial charge in [0.1, 0.15) is 17.5 Å². The van der Waals surface area contributed by atoms with Crippen LogP contribution < -0.4 is 17.0 Å². The van der Waals surface area contributed by atoms with Gasteiger partial charge in [-0.05, 0) is 6.07 Å². The second-order valence-electron chi connectivity index (χ2n) is 2.32. The van der Waals surface area contributed by atoms with Gasteiger partial charge in [0.05, 0.1) is 5.56 Å². The van der Waals surface area contributed by atoms with E-state index < -0.39 is 11.5 Å². The standard InChI is InChI=1S/C7H6N4O2/c8-2-3-1-4(6(10)12)7(13)11-5(3)9/h1H,(H2,10,12)(H3,9,11,13). The van der Waals surface area contributed by atoms with E-state index in [2.05, 4.69) is 4.98 Å². The number of pyridine rings is 1. The van der Waals surface area contributed by atoms with Crippen molar-refractivity contribution in [3.63, 3.8) is 0 Å². The maximum atomic E-state index is 11.0. The minimum atomic E-state index is -0.891. The van der Waals surface area contributed by atoms with E-state index in [1.165, 1.54) is 0 Å². The Morgan fingerprint density at radius 2 is 2.23 bits per heavy atom. The lowest BCUT2D eigenvalue weighted by atomic mass is 10.2. The number of aromatic amines is 1. The normalized spacial score (nSPS) is 9.15. The number of rotatable bonds is 1. The number of nitrogens with one attached hydrogen (secondary N) is 1. The maximum absolute atomic E-state index is 11.0. The summed E-state index contributed by atoms with van der Waals surface area (Å²) in [6.07, 6.45) is 0. The highest BCUT2D eigenvalue weighted by atomic mass is 16.2. The van der Waals surface area contributed by atoms with E-state index >= 15 is 0 Å². The highest BCUT2D eigenvalue weighted by Gasteiger charge is 2.09. The molecule has 1 aromatic heterocycles. The number of anilines is 1. The van der Waals surface area contributed by atoms with Crippen LogP contribution in [0.5, 0.6) is 0 Å². The van der Waals surface area contributed by atoms with Crippen molar-refractivity contribution in [3.8, 4) is 6.07 Å². The zero-order valence-corrected chi connectivity index (χ0v) is 6.50. The van der Waals surface area contributed by atoms with Crippen LogP contribution in [0.2, 0.25) is 0 Å². The van der Waals surface area contributed by atoms with Gasteiger partial charge in [0.2, 0.25) is 0 Å². The predicted octanol–water partition coefficient (Wildman–Crippen LogP) is -1.07. The molecule has 6 nitrogen and oxygen atoms in total. The van der Waals surface area contributed by atoms with Crippen molar-refractivity contribution < 1.29 is 4.79 Å². The lowest BCUT2D eigenvalue weighted by Gasteiger charge is -1.98. The SMILES string of the molecule is N#Cc1cc(C(N)=O)c(=O)[nH]c1N. The van der Waals surface area contributed by atoms with Crippen molar-refractivity contribution in [2.45, 2.75) is 0 Å². The molecule has 0 aliphatic carbocycles. The second kappa shape index (κ2) is 2.98. The van der Waals surface area contributed by atoms with Crippen LogP contribution in [0.25, 0.3) is 0 Å². The maximum Gasteiger partial charge on any atom is 0.262 e. The average Bonchev–Trinajstić information content (AvgIpc) is 2.03. The van der Waals surface area contributed by atoms with Crippen LogP contribution in [0.15, 0.2) is 10.9 Å². The van der Waals surface area contributed by atoms with Gasteiger partial charge >= 0.3 is 0 Å². The number of nitrogen functional groups attached to an aromatic ring is 1. The number of nitrogens with two attached hydrogens (primary N) is 2. The van der Waals surface area contributed by atoms with Crippen molar-refractivity contribution >= 4 is 11.7 Å². The third-order valence-corrected chi connectivity index (χ3v) is 1.46. The van der Waals surface area contributed by atoms with Gasteiger partial charge in [-0.2, -0.15) is 5.26 Å². The van der Waals surface area contributed by atoms with Gasteiger partial charge in [0.25, 0.3) is 11.5 Å². The van der Waals surface area contributed by atoms with E-state index in [-0.39, 0.29) is 16.9 Å². The highest BCUT2D eigenvalue weighted by molar-refractivity contribution is 5.93. The van der Waals surface area contributed by atoms with E-state index in [1.54, 1.807) is 6.07 Å². The number of aromatic nitrogens is 1. The number of carbonyl (C=O) groups is 1. The molecule has 0 bridgehead atoms. The number of amides is 1. The summed E-state index contributed by atoms with van der Waals surface area (Å²) < 4.78 is 0. The summed E-state index contributed by atoms with van der Waals surface area (Å²) >= 11 is 0. The number of H-pyrrole nitrogens is 1. The van der Waals surface area contributed by atoms with Crippen LogP contribution in [0, 0.1) is 11.3 Å². The fourth-order valence-corrected chi connectivity index (χ4v) is 0.820. The number of primary amides is 1. The summed E-state index contributed by atoms with van der Waals surface area (Å²) in [4.78, 5) is 23.8. The molecule has 1 amide bonds. The molecule has 0 fully saturated rings. The zero-order chi connectivity index (χ0) is 10.0. The summed E-state index contributed by atoms with van der Waals surface area (Å²) in [5, 5.41) is 8.51. The van der Waals surface area contributed by atoms with E-state index in [0.29, 0.717) is 0 Å². The van der Waals surface area contributed by atoms with Crippen LogP contribution in [-0.2, 0) is 0 Å². The number of carbonyl (C=O) groups excluding carboxylic acids is 1. The minimum Gasteiger partial charge on any atom is -0.384 e. The van der Waals surface area contributed by atoms with Crippen LogP contribution in [-0.4, -0.2) is 10.9 Å². The fraction of sp³-hybridized carbons (Fsp3) is 0. The number of hydrogen-bond acceptors (Lipinski definition) is 4. The van der Waals surface area contributed by atoms with Crippen molar-refractivity contribution in [3.05, 3.63) is 27.5 Å². The molecule has 1 heterocycles. The Labute approximate surface area is 72.8 Å². The van der Waals surface area contributed by atoms with Crippen LogP contribution >= 0.6 is 0 Å². The van der Waals surface area contributed by atoms with Crippen LogP contribution in [0.4, 0.5) is 5.82 Å². The quantitative estimate of drug-likeness (QED) is 0.505. The molecule has 0 saturated heterocycles. The van der Waals surface area contributed by atoms with Crippen LogP contribution in [0.1, 0.15) is 15.9 Å². The first kappa shape index (κ1) is 8.80. The van der Waals surface area contributed by atoms with Gasteiger partial charge in [-0.25, -0.2) is 0 Å². The molecule has 0 atom stereocenters. The molecular weight excluding hydrogens is 172 g/mol. The largest absolute Gasteiger partial charge is 0.384 e. The summed E-state index contributed by atoms with van der Waals surface area (Å²) in [6.45, 7) is 0. The Balaban J connectivity index is 3.51. The molecule has 66 valence electrons. The van der Waals surface area contributed by atoms with Crippen molar-refractivity contribution in [2.24, 2.45) is 5.73 Å². The average molecular weight is 178 g/mol. The third kappa shape index (κ3) is 1.49. The molecule has 0 saturated carbocycles. The van der Waals surface area contributed by atoms with Crippen molar-refractivity contribution in [2.75, 3.05) is 5.73 Å². The number of nitriles is 1. The van der Waals surface area contributed by atoms with Gasteiger partial charge in [-0.3, -0.25) is 9.59 Å². The Bertz CT molecular complexity index is 455. The Kier molecular flexibility index (Phi) is 2.02. The molecule has 1 aromatic rings. The molecule has 0 radical (unpaired) electrons. The summed E-state index contributed by atoms with van der Waals surface area (Å²) in [5.41, 5.74) is 9.21. The van der Waals surface area contributed by atoms with Crippen molar-refractivity contribution in [1.82, 2.24) is 4.98 Å².